The van der Waals surface area contributed by atoms with Crippen LogP contribution in [0.4, 0.5) is 16.3 Å². The Labute approximate surface area is 293 Å². The minimum Gasteiger partial charge on any atom is -0.493 e. The lowest BCUT2D eigenvalue weighted by atomic mass is 10.1. The van der Waals surface area contributed by atoms with E-state index in [-0.39, 0.29) is 24.7 Å². The van der Waals surface area contributed by atoms with Crippen molar-refractivity contribution in [1.29, 1.82) is 5.41 Å². The molecule has 4 aromatic rings. The second-order valence-corrected chi connectivity index (χ2v) is 11.7. The molecule has 4 rings (SSSR count). The number of esters is 1. The molecule has 0 fully saturated rings. The van der Waals surface area contributed by atoms with E-state index >= 15 is 0 Å². The number of aryl methyl sites for hydroxylation is 1. The van der Waals surface area contributed by atoms with Crippen LogP contribution in [-0.2, 0) is 16.0 Å². The smallest absolute Gasteiger partial charge is 0.412 e. The highest BCUT2D eigenvalue weighted by Gasteiger charge is 2.21. The highest BCUT2D eigenvalue weighted by molar-refractivity contribution is 6.06. The number of carbonyl (C=O) groups excluding carboxylic acids is 3. The Hall–Kier alpha value is -5.71. The van der Waals surface area contributed by atoms with Gasteiger partial charge >= 0.3 is 12.1 Å². The predicted octanol–water partition coefficient (Wildman–Crippen LogP) is 7.33. The van der Waals surface area contributed by atoms with Gasteiger partial charge in [0.15, 0.2) is 11.5 Å². The second kappa shape index (κ2) is 19.3. The van der Waals surface area contributed by atoms with Gasteiger partial charge in [-0.3, -0.25) is 25.2 Å². The SMILES string of the molecule is CCCCCCOC(=O)NC(=N)c1ccc(NCCc2cccc(C(=O)N(CCC(=O)Oc3cc(C)ccc3OC)c3ccccn3)c2)cc1. The van der Waals surface area contributed by atoms with Crippen LogP contribution in [0, 0.1) is 12.3 Å². The number of benzene rings is 3. The van der Waals surface area contributed by atoms with Gasteiger partial charge in [0.05, 0.1) is 20.1 Å². The fourth-order valence-corrected chi connectivity index (χ4v) is 5.10. The number of hydrogen-bond acceptors (Lipinski definition) is 9. The molecule has 11 heteroatoms. The maximum Gasteiger partial charge on any atom is 0.412 e. The van der Waals surface area contributed by atoms with Crippen molar-refractivity contribution in [2.45, 2.75) is 52.4 Å². The van der Waals surface area contributed by atoms with E-state index in [1.165, 1.54) is 12.0 Å². The quantitative estimate of drug-likeness (QED) is 0.0346. The molecular formula is C39H45N5O6. The number of rotatable bonds is 17. The van der Waals surface area contributed by atoms with E-state index in [2.05, 4.69) is 22.5 Å². The molecule has 50 heavy (non-hydrogen) atoms. The number of amides is 2. The molecule has 0 spiro atoms. The number of alkyl carbamates (subject to hydrolysis) is 1. The highest BCUT2D eigenvalue weighted by atomic mass is 16.6. The lowest BCUT2D eigenvalue weighted by Gasteiger charge is -2.22. The number of nitrogens with zero attached hydrogens (tertiary/aromatic N) is 2. The molecule has 11 nitrogen and oxygen atoms in total. The molecule has 0 radical (unpaired) electrons. The average molecular weight is 680 g/mol. The zero-order chi connectivity index (χ0) is 35.7. The van der Waals surface area contributed by atoms with Gasteiger partial charge in [-0.25, -0.2) is 9.78 Å². The van der Waals surface area contributed by atoms with Crippen LogP contribution in [-0.4, -0.2) is 55.6 Å². The largest absolute Gasteiger partial charge is 0.493 e. The van der Waals surface area contributed by atoms with E-state index in [1.807, 2.05) is 43.3 Å². The van der Waals surface area contributed by atoms with Gasteiger partial charge in [-0.15, -0.1) is 0 Å². The molecule has 2 amide bonds. The first-order valence-corrected chi connectivity index (χ1v) is 16.8. The summed E-state index contributed by atoms with van der Waals surface area (Å²) in [6, 6.07) is 25.2. The summed E-state index contributed by atoms with van der Waals surface area (Å²) in [6.07, 6.45) is 5.59. The van der Waals surface area contributed by atoms with Crippen molar-refractivity contribution in [1.82, 2.24) is 10.3 Å². The number of methoxy groups -OCH3 is 1. The van der Waals surface area contributed by atoms with Crippen LogP contribution in [0.2, 0.25) is 0 Å². The Morgan fingerprint density at radius 3 is 2.44 bits per heavy atom. The number of aromatic nitrogens is 1. The van der Waals surface area contributed by atoms with Crippen molar-refractivity contribution < 1.29 is 28.6 Å². The Bertz CT molecular complexity index is 1730. The molecule has 0 bridgehead atoms. The van der Waals surface area contributed by atoms with Crippen LogP contribution in [0.3, 0.4) is 0 Å². The van der Waals surface area contributed by atoms with Crippen LogP contribution in [0.25, 0.3) is 0 Å². The lowest BCUT2D eigenvalue weighted by Crippen LogP contribution is -2.34. The van der Waals surface area contributed by atoms with Crippen LogP contribution in [0.5, 0.6) is 11.5 Å². The second-order valence-electron chi connectivity index (χ2n) is 11.7. The molecular weight excluding hydrogens is 634 g/mol. The van der Waals surface area contributed by atoms with Gasteiger partial charge < -0.3 is 19.5 Å². The Morgan fingerprint density at radius 1 is 0.880 bits per heavy atom. The predicted molar refractivity (Wildman–Crippen MR) is 194 cm³/mol. The van der Waals surface area contributed by atoms with E-state index in [9.17, 15) is 14.4 Å². The zero-order valence-corrected chi connectivity index (χ0v) is 28.9. The van der Waals surface area contributed by atoms with Crippen molar-refractivity contribution >= 4 is 35.3 Å². The van der Waals surface area contributed by atoms with Gasteiger partial charge in [0.25, 0.3) is 5.91 Å². The van der Waals surface area contributed by atoms with Crippen molar-refractivity contribution in [2.24, 2.45) is 0 Å². The molecule has 1 heterocycles. The van der Waals surface area contributed by atoms with Crippen LogP contribution < -0.4 is 25.0 Å². The molecule has 0 aliphatic carbocycles. The summed E-state index contributed by atoms with van der Waals surface area (Å²) in [4.78, 5) is 44.5. The summed E-state index contributed by atoms with van der Waals surface area (Å²) in [6.45, 7) is 5.01. The van der Waals surface area contributed by atoms with E-state index in [0.29, 0.717) is 48.0 Å². The first-order chi connectivity index (χ1) is 24.3. The van der Waals surface area contributed by atoms with E-state index in [0.717, 1.165) is 42.5 Å². The first-order valence-electron chi connectivity index (χ1n) is 16.8. The molecule has 262 valence electrons. The Morgan fingerprint density at radius 2 is 1.70 bits per heavy atom. The molecule has 0 atom stereocenters. The summed E-state index contributed by atoms with van der Waals surface area (Å²) < 4.78 is 16.1. The van der Waals surface area contributed by atoms with Gasteiger partial charge in [-0.05, 0) is 91.6 Å². The monoisotopic (exact) mass is 679 g/mol. The van der Waals surface area contributed by atoms with Crippen LogP contribution in [0.1, 0.15) is 66.1 Å². The van der Waals surface area contributed by atoms with Gasteiger partial charge in [-0.1, -0.05) is 50.5 Å². The fraction of sp³-hybridized carbons (Fsp3) is 0.308. The summed E-state index contributed by atoms with van der Waals surface area (Å²) in [5, 5.41) is 14.0. The summed E-state index contributed by atoms with van der Waals surface area (Å²) >= 11 is 0. The maximum atomic E-state index is 13.8. The summed E-state index contributed by atoms with van der Waals surface area (Å²) in [7, 11) is 1.51. The average Bonchev–Trinajstić information content (AvgIpc) is 3.12. The minimum atomic E-state index is -0.626. The normalized spacial score (nSPS) is 10.5. The molecule has 3 aromatic carbocycles. The van der Waals surface area contributed by atoms with E-state index in [1.54, 1.807) is 54.7 Å². The van der Waals surface area contributed by atoms with Crippen molar-refractivity contribution in [3.8, 4) is 11.5 Å². The molecule has 0 saturated carbocycles. The van der Waals surface area contributed by atoms with Gasteiger partial charge in [0, 0.05) is 36.1 Å². The van der Waals surface area contributed by atoms with E-state index in [4.69, 9.17) is 19.6 Å². The topological polar surface area (TPSA) is 143 Å². The summed E-state index contributed by atoms with van der Waals surface area (Å²) in [5.74, 6) is 0.388. The number of pyridine rings is 1. The number of anilines is 2. The van der Waals surface area contributed by atoms with Gasteiger partial charge in [-0.2, -0.15) is 0 Å². The third-order valence-electron chi connectivity index (χ3n) is 7.80. The molecule has 0 saturated heterocycles. The zero-order valence-electron chi connectivity index (χ0n) is 28.9. The molecule has 0 unspecified atom stereocenters. The van der Waals surface area contributed by atoms with Gasteiger partial charge in [0.1, 0.15) is 11.7 Å². The molecule has 0 aliphatic rings. The number of unbranched alkanes of at least 4 members (excludes halogenated alkanes) is 3. The van der Waals surface area contributed by atoms with Crippen LogP contribution in [0.15, 0.2) is 91.1 Å². The Balaban J connectivity index is 1.31. The minimum absolute atomic E-state index is 0.0280. The fourth-order valence-electron chi connectivity index (χ4n) is 5.10. The number of hydrogen-bond donors (Lipinski definition) is 3. The molecule has 0 aliphatic heterocycles. The first kappa shape index (κ1) is 37.1. The van der Waals surface area contributed by atoms with Crippen molar-refractivity contribution in [3.63, 3.8) is 0 Å². The van der Waals surface area contributed by atoms with Crippen LogP contribution >= 0.6 is 0 Å². The summed E-state index contributed by atoms with van der Waals surface area (Å²) in [5.41, 5.74) is 3.75. The Kier molecular flexibility index (Phi) is 14.3. The third-order valence-corrected chi connectivity index (χ3v) is 7.80. The van der Waals surface area contributed by atoms with Crippen molar-refractivity contribution in [2.75, 3.05) is 37.0 Å². The van der Waals surface area contributed by atoms with Crippen molar-refractivity contribution in [3.05, 3.63) is 113 Å². The number of amidine groups is 1. The third kappa shape index (κ3) is 11.5. The highest BCUT2D eigenvalue weighted by Crippen LogP contribution is 2.28. The molecule has 1 aromatic heterocycles. The number of nitrogens with one attached hydrogen (secondary N) is 3. The van der Waals surface area contributed by atoms with Gasteiger partial charge in [0.2, 0.25) is 0 Å². The molecule has 3 N–H and O–H groups in total. The number of carbonyl (C=O) groups is 3. The number of ether oxygens (including phenoxy) is 3. The lowest BCUT2D eigenvalue weighted by molar-refractivity contribution is -0.134. The van der Waals surface area contributed by atoms with E-state index < -0.39 is 12.1 Å². The maximum absolute atomic E-state index is 13.8. The standard InChI is InChI=1S/C39H45N5O6/c1-4-5-6-9-25-49-39(47)43-37(40)30-15-17-32(18-16-30)41-23-20-29-11-10-12-31(27-29)38(46)44(35-13-7-8-22-42-35)24-21-36(45)50-34-26-28(2)14-19-33(34)48-3/h7-8,10-19,22,26-27,41H,4-6,9,20-21,23-25H2,1-3H3,(H2,40,43,47).